The topological polar surface area (TPSA) is 35.0 Å². The summed E-state index contributed by atoms with van der Waals surface area (Å²) in [4.78, 5) is 7.99. The fourth-order valence-corrected chi connectivity index (χ4v) is 2.33. The van der Waals surface area contributed by atoms with E-state index in [2.05, 4.69) is 25.9 Å². The fourth-order valence-electron chi connectivity index (χ4n) is 1.80. The molecule has 0 aliphatic rings. The van der Waals surface area contributed by atoms with E-state index in [0.29, 0.717) is 21.1 Å². The maximum absolute atomic E-state index is 6.17. The largest absolute Gasteiger partial charge is 0.437 e. The van der Waals surface area contributed by atoms with E-state index in [9.17, 15) is 0 Å². The van der Waals surface area contributed by atoms with Gasteiger partial charge in [0.05, 0.1) is 4.47 Å². The molecule has 2 aromatic carbocycles. The summed E-state index contributed by atoms with van der Waals surface area (Å²) in [7, 11) is 0. The molecule has 0 N–H and O–H groups in total. The Kier molecular flexibility index (Phi) is 3.36. The minimum absolute atomic E-state index is 0.475. The summed E-state index contributed by atoms with van der Waals surface area (Å²) in [6.07, 6.45) is 3.08. The molecule has 94 valence electrons. The van der Waals surface area contributed by atoms with E-state index in [1.165, 1.54) is 6.33 Å². The predicted molar refractivity (Wildman–Crippen MR) is 78.8 cm³/mol. The molecule has 0 amide bonds. The van der Waals surface area contributed by atoms with Gasteiger partial charge >= 0.3 is 0 Å². The number of fused-ring (bicyclic) bond motifs is 1. The van der Waals surface area contributed by atoms with Crippen molar-refractivity contribution < 1.29 is 4.74 Å². The van der Waals surface area contributed by atoms with Gasteiger partial charge in [-0.2, -0.15) is 0 Å². The van der Waals surface area contributed by atoms with Crippen molar-refractivity contribution in [3.05, 3.63) is 58.4 Å². The zero-order valence-electron chi connectivity index (χ0n) is 9.68. The Labute approximate surface area is 123 Å². The highest BCUT2D eigenvalue weighted by molar-refractivity contribution is 9.10. The highest BCUT2D eigenvalue weighted by Gasteiger charge is 2.09. The Morgan fingerprint density at radius 1 is 1.05 bits per heavy atom. The SMILES string of the molecule is Clc1ccc(Oc2ncncc2Br)c2ccccc12. The van der Waals surface area contributed by atoms with Gasteiger partial charge in [-0.05, 0) is 28.1 Å². The fraction of sp³-hybridized carbons (Fsp3) is 0. The van der Waals surface area contributed by atoms with Crippen molar-refractivity contribution in [1.82, 2.24) is 9.97 Å². The molecule has 0 saturated heterocycles. The van der Waals surface area contributed by atoms with E-state index in [1.807, 2.05) is 36.4 Å². The van der Waals surface area contributed by atoms with Crippen molar-refractivity contribution >= 4 is 38.3 Å². The quantitative estimate of drug-likeness (QED) is 0.672. The van der Waals surface area contributed by atoms with E-state index in [1.54, 1.807) is 6.20 Å². The van der Waals surface area contributed by atoms with Crippen molar-refractivity contribution in [3.63, 3.8) is 0 Å². The number of ether oxygens (including phenoxy) is 1. The summed E-state index contributed by atoms with van der Waals surface area (Å²) < 4.78 is 6.52. The molecule has 1 aromatic heterocycles. The second-order valence-corrected chi connectivity index (χ2v) is 5.13. The van der Waals surface area contributed by atoms with Gasteiger partial charge in [-0.3, -0.25) is 0 Å². The maximum atomic E-state index is 6.17. The first kappa shape index (κ1) is 12.4. The minimum atomic E-state index is 0.475. The van der Waals surface area contributed by atoms with Gasteiger partial charge in [0.25, 0.3) is 0 Å². The van der Waals surface area contributed by atoms with E-state index in [0.717, 1.165) is 10.8 Å². The number of aromatic nitrogens is 2. The zero-order valence-corrected chi connectivity index (χ0v) is 12.0. The van der Waals surface area contributed by atoms with Crippen LogP contribution in [0.15, 0.2) is 53.4 Å². The van der Waals surface area contributed by atoms with Crippen LogP contribution < -0.4 is 4.74 Å². The molecule has 3 aromatic rings. The second-order valence-electron chi connectivity index (χ2n) is 3.87. The van der Waals surface area contributed by atoms with E-state index < -0.39 is 0 Å². The average molecular weight is 336 g/mol. The highest BCUT2D eigenvalue weighted by Crippen LogP contribution is 2.35. The first-order valence-corrected chi connectivity index (χ1v) is 6.73. The summed E-state index contributed by atoms with van der Waals surface area (Å²) in [5, 5.41) is 2.59. The van der Waals surface area contributed by atoms with Crippen LogP contribution in [0.3, 0.4) is 0 Å². The van der Waals surface area contributed by atoms with Crippen LogP contribution >= 0.6 is 27.5 Å². The molecule has 5 heteroatoms. The lowest BCUT2D eigenvalue weighted by Gasteiger charge is -2.09. The molecule has 0 fully saturated rings. The summed E-state index contributed by atoms with van der Waals surface area (Å²) >= 11 is 9.53. The van der Waals surface area contributed by atoms with Crippen molar-refractivity contribution in [2.24, 2.45) is 0 Å². The van der Waals surface area contributed by atoms with Crippen LogP contribution in [-0.2, 0) is 0 Å². The number of hydrogen-bond donors (Lipinski definition) is 0. The Bertz CT molecular complexity index is 748. The zero-order chi connectivity index (χ0) is 13.2. The molecule has 0 unspecified atom stereocenters. The van der Waals surface area contributed by atoms with Gasteiger partial charge in [-0.25, -0.2) is 9.97 Å². The van der Waals surface area contributed by atoms with Gasteiger partial charge in [-0.15, -0.1) is 0 Å². The van der Waals surface area contributed by atoms with Crippen LogP contribution in [-0.4, -0.2) is 9.97 Å². The lowest BCUT2D eigenvalue weighted by molar-refractivity contribution is 0.463. The summed E-state index contributed by atoms with van der Waals surface area (Å²) in [6.45, 7) is 0. The molecule has 0 radical (unpaired) electrons. The van der Waals surface area contributed by atoms with Crippen molar-refractivity contribution in [1.29, 1.82) is 0 Å². The van der Waals surface area contributed by atoms with E-state index >= 15 is 0 Å². The number of rotatable bonds is 2. The molecular weight excluding hydrogens is 328 g/mol. The third-order valence-electron chi connectivity index (χ3n) is 2.67. The van der Waals surface area contributed by atoms with Gasteiger partial charge in [0, 0.05) is 22.0 Å². The molecular formula is C14H8BrClN2O. The molecule has 0 bridgehead atoms. The molecule has 0 spiro atoms. The summed E-state index contributed by atoms with van der Waals surface area (Å²) in [5.41, 5.74) is 0. The third kappa shape index (κ3) is 2.41. The standard InChI is InChI=1S/C14H8BrClN2O/c15-11-7-17-8-18-14(11)19-13-6-5-12(16)9-3-1-2-4-10(9)13/h1-8H. The van der Waals surface area contributed by atoms with Crippen LogP contribution in [0.5, 0.6) is 11.6 Å². The first-order valence-electron chi connectivity index (χ1n) is 5.56. The monoisotopic (exact) mass is 334 g/mol. The maximum Gasteiger partial charge on any atom is 0.236 e. The number of nitrogens with zero attached hydrogens (tertiary/aromatic N) is 2. The smallest absolute Gasteiger partial charge is 0.236 e. The molecule has 0 aliphatic heterocycles. The predicted octanol–water partition coefficient (Wildman–Crippen LogP) is 4.84. The van der Waals surface area contributed by atoms with E-state index in [4.69, 9.17) is 16.3 Å². The Morgan fingerprint density at radius 2 is 1.84 bits per heavy atom. The van der Waals surface area contributed by atoms with Crippen LogP contribution in [0.1, 0.15) is 0 Å². The van der Waals surface area contributed by atoms with Gasteiger partial charge < -0.3 is 4.74 Å². The molecule has 3 rings (SSSR count). The second kappa shape index (κ2) is 5.15. The van der Waals surface area contributed by atoms with Gasteiger partial charge in [0.15, 0.2) is 0 Å². The van der Waals surface area contributed by atoms with Crippen LogP contribution in [0.4, 0.5) is 0 Å². The van der Waals surface area contributed by atoms with Crippen molar-refractivity contribution in [2.75, 3.05) is 0 Å². The molecule has 1 heterocycles. The van der Waals surface area contributed by atoms with Crippen LogP contribution in [0, 0.1) is 0 Å². The molecule has 19 heavy (non-hydrogen) atoms. The average Bonchev–Trinajstić information content (AvgIpc) is 2.44. The Balaban J connectivity index is 2.12. The van der Waals surface area contributed by atoms with Crippen LogP contribution in [0.25, 0.3) is 10.8 Å². The molecule has 0 aliphatic carbocycles. The molecule has 0 atom stereocenters. The summed E-state index contributed by atoms with van der Waals surface area (Å²) in [5.74, 6) is 1.18. The molecule has 0 saturated carbocycles. The number of benzene rings is 2. The van der Waals surface area contributed by atoms with Crippen molar-refractivity contribution in [3.8, 4) is 11.6 Å². The third-order valence-corrected chi connectivity index (χ3v) is 3.54. The minimum Gasteiger partial charge on any atom is -0.437 e. The lowest BCUT2D eigenvalue weighted by Crippen LogP contribution is -1.91. The van der Waals surface area contributed by atoms with Crippen molar-refractivity contribution in [2.45, 2.75) is 0 Å². The van der Waals surface area contributed by atoms with Gasteiger partial charge in [0.2, 0.25) is 5.88 Å². The van der Waals surface area contributed by atoms with E-state index in [-0.39, 0.29) is 0 Å². The Hall–Kier alpha value is -1.65. The first-order chi connectivity index (χ1) is 9.25. The van der Waals surface area contributed by atoms with Gasteiger partial charge in [-0.1, -0.05) is 35.9 Å². The number of halogens is 2. The normalized spacial score (nSPS) is 10.6. The highest BCUT2D eigenvalue weighted by atomic mass is 79.9. The Morgan fingerprint density at radius 3 is 2.63 bits per heavy atom. The number of hydrogen-bond acceptors (Lipinski definition) is 3. The molecule has 3 nitrogen and oxygen atoms in total. The lowest BCUT2D eigenvalue weighted by atomic mass is 10.1. The van der Waals surface area contributed by atoms with Gasteiger partial charge in [0.1, 0.15) is 12.1 Å². The summed E-state index contributed by atoms with van der Waals surface area (Å²) in [6, 6.07) is 11.5. The van der Waals surface area contributed by atoms with Crippen LogP contribution in [0.2, 0.25) is 5.02 Å².